The van der Waals surface area contributed by atoms with Crippen LogP contribution in [0.25, 0.3) is 16.9 Å². The fraction of sp³-hybridized carbons (Fsp3) is 0.360. The van der Waals surface area contributed by atoms with Gasteiger partial charge >= 0.3 is 0 Å². The third-order valence-corrected chi connectivity index (χ3v) is 5.24. The van der Waals surface area contributed by atoms with Gasteiger partial charge in [0, 0.05) is 23.3 Å². The van der Waals surface area contributed by atoms with Gasteiger partial charge in [-0.15, -0.1) is 0 Å². The van der Waals surface area contributed by atoms with Crippen LogP contribution in [0.4, 0.5) is 0 Å². The van der Waals surface area contributed by atoms with E-state index >= 15 is 0 Å². The van der Waals surface area contributed by atoms with Crippen molar-refractivity contribution in [3.8, 4) is 0 Å². The van der Waals surface area contributed by atoms with Crippen LogP contribution >= 0.6 is 0 Å². The first-order valence-corrected chi connectivity index (χ1v) is 10.3. The lowest BCUT2D eigenvalue weighted by Crippen LogP contribution is -2.01. The lowest BCUT2D eigenvalue weighted by Gasteiger charge is -2.09. The summed E-state index contributed by atoms with van der Waals surface area (Å²) >= 11 is 0. The molecular formula is C25H30N2. The standard InChI is InChI=1S/C25H30N2/c1-3-4-5-6-7-8-11-21-13-15-22(16-14-21)24-17-18-25(27(24)26)23-12-9-10-20(2)19-23/h9-10,12-19H,3-8,11H2,1-2H3. The van der Waals surface area contributed by atoms with Gasteiger partial charge in [-0.1, -0.05) is 68.9 Å². The molecule has 1 aliphatic rings. The summed E-state index contributed by atoms with van der Waals surface area (Å²) in [5, 5.41) is 0. The van der Waals surface area contributed by atoms with Crippen molar-refractivity contribution in [1.29, 1.82) is 0 Å². The molecule has 0 amide bonds. The number of hydrogen-bond donors (Lipinski definition) is 0. The van der Waals surface area contributed by atoms with Crippen LogP contribution < -0.4 is 0 Å². The molecule has 1 aliphatic heterocycles. The molecule has 140 valence electrons. The summed E-state index contributed by atoms with van der Waals surface area (Å²) in [6, 6.07) is 16.8. The first-order valence-electron chi connectivity index (χ1n) is 10.3. The summed E-state index contributed by atoms with van der Waals surface area (Å²) in [5.41, 5.74) is 17.0. The van der Waals surface area contributed by atoms with E-state index in [1.807, 2.05) is 24.3 Å². The molecule has 0 saturated heterocycles. The summed E-state index contributed by atoms with van der Waals surface area (Å²) in [6.45, 7) is 4.33. The van der Waals surface area contributed by atoms with Gasteiger partial charge in [-0.3, -0.25) is 0 Å². The molecule has 0 N–H and O–H groups in total. The lowest BCUT2D eigenvalue weighted by molar-refractivity contribution is -0.344. The molecule has 1 heterocycles. The Balaban J connectivity index is 1.56. The summed E-state index contributed by atoms with van der Waals surface area (Å²) in [5.74, 6) is 0. The smallest absolute Gasteiger partial charge is 0.207 e. The normalized spacial score (nSPS) is 13.6. The van der Waals surface area contributed by atoms with Crippen molar-refractivity contribution < 1.29 is 4.70 Å². The van der Waals surface area contributed by atoms with Gasteiger partial charge in [0.05, 0.1) is 0 Å². The monoisotopic (exact) mass is 358 g/mol. The minimum atomic E-state index is 0.824. The Morgan fingerprint density at radius 3 is 2.15 bits per heavy atom. The number of rotatable bonds is 9. The number of nitrogens with zero attached hydrogens (tertiary/aromatic N) is 2. The van der Waals surface area contributed by atoms with Crippen molar-refractivity contribution in [2.24, 2.45) is 0 Å². The molecule has 2 aromatic rings. The molecule has 0 fully saturated rings. The third-order valence-electron chi connectivity index (χ3n) is 5.24. The average Bonchev–Trinajstić information content (AvgIpc) is 3.06. The van der Waals surface area contributed by atoms with Crippen molar-refractivity contribution in [1.82, 2.24) is 0 Å². The number of allylic oxidation sites excluding steroid dienone is 2. The van der Waals surface area contributed by atoms with E-state index in [9.17, 15) is 5.53 Å². The highest BCUT2D eigenvalue weighted by molar-refractivity contribution is 5.75. The second kappa shape index (κ2) is 9.45. The Morgan fingerprint density at radius 1 is 0.778 bits per heavy atom. The van der Waals surface area contributed by atoms with Gasteiger partial charge in [0.1, 0.15) is 0 Å². The quantitative estimate of drug-likeness (QED) is 0.331. The van der Waals surface area contributed by atoms with Crippen molar-refractivity contribution in [3.05, 3.63) is 88.5 Å². The molecule has 27 heavy (non-hydrogen) atoms. The summed E-state index contributed by atoms with van der Waals surface area (Å²) in [4.78, 5) is 0. The molecule has 0 radical (unpaired) electrons. The van der Waals surface area contributed by atoms with E-state index in [-0.39, 0.29) is 0 Å². The zero-order valence-corrected chi connectivity index (χ0v) is 16.6. The first-order chi connectivity index (χ1) is 13.2. The van der Waals surface area contributed by atoms with Crippen LogP contribution in [-0.4, -0.2) is 4.70 Å². The van der Waals surface area contributed by atoms with Crippen molar-refractivity contribution in [2.45, 2.75) is 58.8 Å². The maximum Gasteiger partial charge on any atom is 0.207 e. The topological polar surface area (TPSA) is 25.3 Å². The second-order valence-corrected chi connectivity index (χ2v) is 7.50. The van der Waals surface area contributed by atoms with Crippen LogP contribution in [0.2, 0.25) is 0 Å². The van der Waals surface area contributed by atoms with Crippen LogP contribution in [-0.2, 0) is 6.42 Å². The van der Waals surface area contributed by atoms with Crippen molar-refractivity contribution in [3.63, 3.8) is 0 Å². The minimum Gasteiger partial charge on any atom is -0.493 e. The highest BCUT2D eigenvalue weighted by atomic mass is 15.2. The fourth-order valence-electron chi connectivity index (χ4n) is 3.62. The largest absolute Gasteiger partial charge is 0.493 e. The van der Waals surface area contributed by atoms with E-state index in [1.165, 1.54) is 54.3 Å². The zero-order chi connectivity index (χ0) is 19.1. The van der Waals surface area contributed by atoms with Gasteiger partial charge in [0.2, 0.25) is 11.4 Å². The van der Waals surface area contributed by atoms with Crippen molar-refractivity contribution in [2.75, 3.05) is 0 Å². The molecule has 0 aliphatic carbocycles. The predicted molar refractivity (Wildman–Crippen MR) is 114 cm³/mol. The first kappa shape index (κ1) is 19.3. The van der Waals surface area contributed by atoms with Crippen LogP contribution in [0, 0.1) is 6.92 Å². The van der Waals surface area contributed by atoms with Crippen LogP contribution in [0.3, 0.4) is 0 Å². The van der Waals surface area contributed by atoms with E-state index in [2.05, 4.69) is 50.2 Å². The van der Waals surface area contributed by atoms with Gasteiger partial charge in [-0.05, 0) is 49.6 Å². The SMILES string of the molecule is CCCCCCCCc1ccc(C2=CC=C(c3cccc(C)c3)[N+]2=[N-])cc1. The van der Waals surface area contributed by atoms with Crippen LogP contribution in [0.5, 0.6) is 0 Å². The van der Waals surface area contributed by atoms with Gasteiger partial charge < -0.3 is 5.53 Å². The van der Waals surface area contributed by atoms with Gasteiger partial charge in [-0.2, -0.15) is 0 Å². The number of aryl methyl sites for hydroxylation is 2. The van der Waals surface area contributed by atoms with Gasteiger partial charge in [0.15, 0.2) is 0 Å². The van der Waals surface area contributed by atoms with E-state index in [0.717, 1.165) is 28.9 Å². The van der Waals surface area contributed by atoms with Gasteiger partial charge in [0.25, 0.3) is 0 Å². The molecule has 0 aromatic heterocycles. The fourth-order valence-corrected chi connectivity index (χ4v) is 3.62. The molecule has 3 rings (SSSR count). The van der Waals surface area contributed by atoms with Crippen LogP contribution in [0.15, 0.2) is 60.7 Å². The Hall–Kier alpha value is -2.48. The number of hydrogen-bond acceptors (Lipinski definition) is 0. The highest BCUT2D eigenvalue weighted by Crippen LogP contribution is 2.31. The maximum absolute atomic E-state index is 10.7. The highest BCUT2D eigenvalue weighted by Gasteiger charge is 2.22. The minimum absolute atomic E-state index is 0.824. The second-order valence-electron chi connectivity index (χ2n) is 7.50. The Kier molecular flexibility index (Phi) is 6.75. The molecule has 2 nitrogen and oxygen atoms in total. The molecule has 0 spiro atoms. The maximum atomic E-state index is 10.7. The summed E-state index contributed by atoms with van der Waals surface area (Å²) in [6.07, 6.45) is 13.1. The van der Waals surface area contributed by atoms with E-state index in [4.69, 9.17) is 0 Å². The lowest BCUT2D eigenvalue weighted by atomic mass is 10.0. The van der Waals surface area contributed by atoms with E-state index in [0.29, 0.717) is 0 Å². The number of unbranched alkanes of at least 4 members (excludes halogenated alkanes) is 5. The van der Waals surface area contributed by atoms with Crippen LogP contribution in [0.1, 0.15) is 67.7 Å². The molecule has 2 aromatic carbocycles. The molecule has 0 saturated carbocycles. The summed E-state index contributed by atoms with van der Waals surface area (Å²) < 4.78 is 1.30. The Morgan fingerprint density at radius 2 is 1.44 bits per heavy atom. The zero-order valence-electron chi connectivity index (χ0n) is 16.6. The molecular weight excluding hydrogens is 328 g/mol. The van der Waals surface area contributed by atoms with Gasteiger partial charge in [-0.25, -0.2) is 4.70 Å². The van der Waals surface area contributed by atoms with E-state index in [1.54, 1.807) is 0 Å². The third kappa shape index (κ3) is 5.03. The molecule has 0 atom stereocenters. The molecule has 2 heteroatoms. The predicted octanol–water partition coefficient (Wildman–Crippen LogP) is 7.33. The summed E-state index contributed by atoms with van der Waals surface area (Å²) in [7, 11) is 0. The van der Waals surface area contributed by atoms with Crippen molar-refractivity contribution >= 4 is 11.4 Å². The number of benzene rings is 2. The Bertz CT molecular complexity index is 841. The molecule has 0 unspecified atom stereocenters. The van der Waals surface area contributed by atoms with E-state index < -0.39 is 0 Å². The molecule has 0 bridgehead atoms. The Labute approximate surface area is 163 Å². The average molecular weight is 359 g/mol.